The molecule has 0 fully saturated rings. The third-order valence-electron chi connectivity index (χ3n) is 4.74. The summed E-state index contributed by atoms with van der Waals surface area (Å²) in [5.41, 5.74) is 2.47. The van der Waals surface area contributed by atoms with Crippen LogP contribution in [0.5, 0.6) is 0 Å². The molecule has 2 N–H and O–H groups in total. The van der Waals surface area contributed by atoms with Gasteiger partial charge < -0.3 is 15.4 Å². The van der Waals surface area contributed by atoms with Crippen molar-refractivity contribution < 1.29 is 19.2 Å². The standard InChI is InChI=1S/C20H21N3O5/c1-21-17-10-9-14(23(26)27)11-16(17)20(25)28-12-19(24)22-18-8-4-6-13-5-2-3-7-15(13)18/h2-3,5,7,9-11,18,21H,4,6,8,12H2,1H3,(H,22,24)/t18-/m0/s1. The number of anilines is 1. The van der Waals surface area contributed by atoms with Crippen LogP contribution in [0.1, 0.15) is 40.4 Å². The van der Waals surface area contributed by atoms with Crippen molar-refractivity contribution >= 4 is 23.3 Å². The van der Waals surface area contributed by atoms with Gasteiger partial charge in [-0.25, -0.2) is 4.79 Å². The lowest BCUT2D eigenvalue weighted by atomic mass is 9.88. The van der Waals surface area contributed by atoms with Crippen LogP contribution in [0.2, 0.25) is 0 Å². The third-order valence-corrected chi connectivity index (χ3v) is 4.74. The predicted molar refractivity (Wildman–Crippen MR) is 103 cm³/mol. The van der Waals surface area contributed by atoms with Gasteiger partial charge in [0.2, 0.25) is 0 Å². The molecule has 0 spiro atoms. The van der Waals surface area contributed by atoms with E-state index in [4.69, 9.17) is 4.74 Å². The van der Waals surface area contributed by atoms with Crippen LogP contribution in [0.25, 0.3) is 0 Å². The summed E-state index contributed by atoms with van der Waals surface area (Å²) in [5.74, 6) is -1.21. The number of amides is 1. The summed E-state index contributed by atoms with van der Waals surface area (Å²) < 4.78 is 5.08. The van der Waals surface area contributed by atoms with E-state index in [1.165, 1.54) is 17.7 Å². The summed E-state index contributed by atoms with van der Waals surface area (Å²) in [6, 6.07) is 11.7. The van der Waals surface area contributed by atoms with E-state index in [9.17, 15) is 19.7 Å². The molecular formula is C20H21N3O5. The van der Waals surface area contributed by atoms with E-state index in [1.807, 2.05) is 18.2 Å². The summed E-state index contributed by atoms with van der Waals surface area (Å²) in [5, 5.41) is 16.6. The summed E-state index contributed by atoms with van der Waals surface area (Å²) >= 11 is 0. The highest BCUT2D eigenvalue weighted by Gasteiger charge is 2.23. The lowest BCUT2D eigenvalue weighted by Crippen LogP contribution is -2.34. The number of nitro benzene ring substituents is 1. The Hall–Kier alpha value is -3.42. The number of fused-ring (bicyclic) bond motifs is 1. The molecule has 2 aromatic carbocycles. The SMILES string of the molecule is CNc1ccc([N+](=O)[O-])cc1C(=O)OCC(=O)N[C@H]1CCCc2ccccc21. The molecule has 1 atom stereocenters. The highest BCUT2D eigenvalue weighted by Crippen LogP contribution is 2.29. The number of nitro groups is 1. The van der Waals surface area contributed by atoms with Crippen molar-refractivity contribution in [3.8, 4) is 0 Å². The average molecular weight is 383 g/mol. The second kappa shape index (κ2) is 8.51. The number of hydrogen-bond donors (Lipinski definition) is 2. The Balaban J connectivity index is 1.63. The maximum absolute atomic E-state index is 12.3. The Morgan fingerprint density at radius 1 is 1.25 bits per heavy atom. The molecule has 0 unspecified atom stereocenters. The van der Waals surface area contributed by atoms with Gasteiger partial charge in [-0.05, 0) is 36.5 Å². The van der Waals surface area contributed by atoms with Gasteiger partial charge in [-0.2, -0.15) is 0 Å². The lowest BCUT2D eigenvalue weighted by Gasteiger charge is -2.26. The Morgan fingerprint density at radius 3 is 2.79 bits per heavy atom. The van der Waals surface area contributed by atoms with Crippen molar-refractivity contribution in [1.82, 2.24) is 5.32 Å². The Kier molecular flexibility index (Phi) is 5.88. The van der Waals surface area contributed by atoms with Crippen LogP contribution in [-0.2, 0) is 16.0 Å². The normalized spacial score (nSPS) is 15.2. The van der Waals surface area contributed by atoms with Gasteiger partial charge in [0.15, 0.2) is 6.61 Å². The van der Waals surface area contributed by atoms with E-state index < -0.39 is 23.4 Å². The zero-order valence-corrected chi connectivity index (χ0v) is 15.4. The van der Waals surface area contributed by atoms with Crippen LogP contribution >= 0.6 is 0 Å². The van der Waals surface area contributed by atoms with Crippen LogP contribution in [0.15, 0.2) is 42.5 Å². The quantitative estimate of drug-likeness (QED) is 0.451. The molecule has 0 heterocycles. The van der Waals surface area contributed by atoms with Gasteiger partial charge >= 0.3 is 5.97 Å². The molecule has 8 heteroatoms. The molecule has 1 aliphatic rings. The van der Waals surface area contributed by atoms with Crippen molar-refractivity contribution in [2.75, 3.05) is 19.0 Å². The van der Waals surface area contributed by atoms with E-state index in [0.29, 0.717) is 5.69 Å². The fourth-order valence-electron chi connectivity index (χ4n) is 3.38. The summed E-state index contributed by atoms with van der Waals surface area (Å²) in [4.78, 5) is 34.9. The van der Waals surface area contributed by atoms with Gasteiger partial charge in [0.05, 0.1) is 16.5 Å². The highest BCUT2D eigenvalue weighted by atomic mass is 16.6. The Morgan fingerprint density at radius 2 is 2.04 bits per heavy atom. The number of carbonyl (C=O) groups excluding carboxylic acids is 2. The number of rotatable bonds is 6. The van der Waals surface area contributed by atoms with Crippen LogP contribution in [-0.4, -0.2) is 30.5 Å². The number of aryl methyl sites for hydroxylation is 1. The molecule has 28 heavy (non-hydrogen) atoms. The zero-order valence-electron chi connectivity index (χ0n) is 15.4. The third kappa shape index (κ3) is 4.28. The minimum absolute atomic E-state index is 0.00696. The number of hydrogen-bond acceptors (Lipinski definition) is 6. The summed E-state index contributed by atoms with van der Waals surface area (Å²) in [6.07, 6.45) is 2.78. The number of ether oxygens (including phenoxy) is 1. The highest BCUT2D eigenvalue weighted by molar-refractivity contribution is 5.97. The molecule has 2 aromatic rings. The molecule has 146 valence electrons. The second-order valence-corrected chi connectivity index (χ2v) is 6.52. The van der Waals surface area contributed by atoms with Gasteiger partial charge in [0, 0.05) is 24.9 Å². The van der Waals surface area contributed by atoms with Crippen molar-refractivity contribution in [2.24, 2.45) is 0 Å². The first kappa shape index (κ1) is 19.3. The number of nitrogens with zero attached hydrogens (tertiary/aromatic N) is 1. The van der Waals surface area contributed by atoms with E-state index in [0.717, 1.165) is 30.9 Å². The molecule has 0 saturated heterocycles. The van der Waals surface area contributed by atoms with Crippen LogP contribution in [0.4, 0.5) is 11.4 Å². The molecule has 0 aliphatic heterocycles. The Bertz CT molecular complexity index is 912. The first-order valence-corrected chi connectivity index (χ1v) is 9.00. The summed E-state index contributed by atoms with van der Waals surface area (Å²) in [7, 11) is 1.59. The molecule has 8 nitrogen and oxygen atoms in total. The van der Waals surface area contributed by atoms with E-state index >= 15 is 0 Å². The van der Waals surface area contributed by atoms with Crippen molar-refractivity contribution in [1.29, 1.82) is 0 Å². The average Bonchev–Trinajstić information content (AvgIpc) is 2.71. The first-order valence-electron chi connectivity index (χ1n) is 9.00. The maximum atomic E-state index is 12.3. The second-order valence-electron chi connectivity index (χ2n) is 6.52. The van der Waals surface area contributed by atoms with Gasteiger partial charge in [0.1, 0.15) is 0 Å². The topological polar surface area (TPSA) is 111 Å². The van der Waals surface area contributed by atoms with Gasteiger partial charge in [-0.3, -0.25) is 14.9 Å². The first-order chi connectivity index (χ1) is 13.5. The van der Waals surface area contributed by atoms with E-state index in [-0.39, 0.29) is 17.3 Å². The van der Waals surface area contributed by atoms with Crippen LogP contribution in [0, 0.1) is 10.1 Å². The predicted octanol–water partition coefficient (Wildman–Crippen LogP) is 2.99. The lowest BCUT2D eigenvalue weighted by molar-refractivity contribution is -0.384. The number of benzene rings is 2. The van der Waals surface area contributed by atoms with E-state index in [1.54, 1.807) is 7.05 Å². The van der Waals surface area contributed by atoms with Crippen molar-refractivity contribution in [3.05, 3.63) is 69.3 Å². The van der Waals surface area contributed by atoms with Gasteiger partial charge in [-0.1, -0.05) is 24.3 Å². The smallest absolute Gasteiger partial charge is 0.341 e. The molecule has 1 amide bonds. The molecule has 0 saturated carbocycles. The van der Waals surface area contributed by atoms with E-state index in [2.05, 4.69) is 16.7 Å². The number of carbonyl (C=O) groups is 2. The minimum atomic E-state index is -0.799. The molecule has 0 aromatic heterocycles. The Labute approximate surface area is 162 Å². The zero-order chi connectivity index (χ0) is 20.1. The molecule has 0 bridgehead atoms. The molecular weight excluding hydrogens is 362 g/mol. The van der Waals surface area contributed by atoms with Crippen LogP contribution < -0.4 is 10.6 Å². The minimum Gasteiger partial charge on any atom is -0.452 e. The molecule has 0 radical (unpaired) electrons. The molecule has 1 aliphatic carbocycles. The maximum Gasteiger partial charge on any atom is 0.341 e. The fourth-order valence-corrected chi connectivity index (χ4v) is 3.38. The number of nitrogens with one attached hydrogen (secondary N) is 2. The number of non-ortho nitro benzene ring substituents is 1. The largest absolute Gasteiger partial charge is 0.452 e. The fraction of sp³-hybridized carbons (Fsp3) is 0.300. The van der Waals surface area contributed by atoms with Crippen molar-refractivity contribution in [3.63, 3.8) is 0 Å². The summed E-state index contributed by atoms with van der Waals surface area (Å²) in [6.45, 7) is -0.455. The van der Waals surface area contributed by atoms with Gasteiger partial charge in [-0.15, -0.1) is 0 Å². The van der Waals surface area contributed by atoms with Crippen molar-refractivity contribution in [2.45, 2.75) is 25.3 Å². The van der Waals surface area contributed by atoms with Gasteiger partial charge in [0.25, 0.3) is 11.6 Å². The number of esters is 1. The van der Waals surface area contributed by atoms with Crippen LogP contribution in [0.3, 0.4) is 0 Å². The monoisotopic (exact) mass is 383 g/mol. The molecule has 3 rings (SSSR count).